The van der Waals surface area contributed by atoms with Crippen LogP contribution in [0.1, 0.15) is 57.9 Å². The minimum atomic E-state index is 0.541. The Labute approximate surface area is 124 Å². The largest absolute Gasteiger partial charge is 0.497 e. The van der Waals surface area contributed by atoms with Gasteiger partial charge in [-0.05, 0) is 44.0 Å². The molecule has 1 aromatic rings. The monoisotopic (exact) mass is 277 g/mol. The Hall–Kier alpha value is -1.02. The van der Waals surface area contributed by atoms with Gasteiger partial charge in [-0.2, -0.15) is 0 Å². The second-order valence-corrected chi connectivity index (χ2v) is 5.68. The lowest BCUT2D eigenvalue weighted by molar-refractivity contribution is 0.414. The Kier molecular flexibility index (Phi) is 9.14. The van der Waals surface area contributed by atoms with Crippen molar-refractivity contribution in [1.82, 2.24) is 5.32 Å². The van der Waals surface area contributed by atoms with Crippen LogP contribution in [-0.4, -0.2) is 19.7 Å². The molecule has 0 spiro atoms. The topological polar surface area (TPSA) is 21.3 Å². The predicted molar refractivity (Wildman–Crippen MR) is 87.5 cm³/mol. The van der Waals surface area contributed by atoms with Crippen LogP contribution < -0.4 is 10.1 Å². The summed E-state index contributed by atoms with van der Waals surface area (Å²) in [6.45, 7) is 5.67. The summed E-state index contributed by atoms with van der Waals surface area (Å²) in [5.74, 6) is 0.932. The Morgan fingerprint density at radius 3 is 2.30 bits per heavy atom. The van der Waals surface area contributed by atoms with Crippen molar-refractivity contribution in [3.05, 3.63) is 29.8 Å². The number of rotatable bonds is 11. The molecule has 114 valence electrons. The van der Waals surface area contributed by atoms with Gasteiger partial charge in [0.2, 0.25) is 0 Å². The summed E-state index contributed by atoms with van der Waals surface area (Å²) in [6, 6.07) is 8.92. The van der Waals surface area contributed by atoms with Gasteiger partial charge in [-0.1, -0.05) is 51.2 Å². The molecule has 0 saturated heterocycles. The van der Waals surface area contributed by atoms with Crippen molar-refractivity contribution < 1.29 is 4.74 Å². The number of hydrogen-bond acceptors (Lipinski definition) is 2. The Morgan fingerprint density at radius 1 is 1.00 bits per heavy atom. The van der Waals surface area contributed by atoms with Gasteiger partial charge in [-0.3, -0.25) is 0 Å². The third-order valence-electron chi connectivity index (χ3n) is 3.72. The van der Waals surface area contributed by atoms with Gasteiger partial charge in [0, 0.05) is 6.04 Å². The molecule has 1 N–H and O–H groups in total. The van der Waals surface area contributed by atoms with E-state index in [9.17, 15) is 0 Å². The summed E-state index contributed by atoms with van der Waals surface area (Å²) in [6.07, 6.45) is 9.26. The first-order valence-corrected chi connectivity index (χ1v) is 8.12. The van der Waals surface area contributed by atoms with E-state index in [2.05, 4.69) is 31.3 Å². The van der Waals surface area contributed by atoms with E-state index < -0.39 is 0 Å². The number of methoxy groups -OCH3 is 1. The van der Waals surface area contributed by atoms with Crippen LogP contribution in [-0.2, 0) is 6.42 Å². The fourth-order valence-corrected chi connectivity index (χ4v) is 2.44. The van der Waals surface area contributed by atoms with Crippen molar-refractivity contribution in [1.29, 1.82) is 0 Å². The molecule has 0 aliphatic heterocycles. The van der Waals surface area contributed by atoms with E-state index in [0.717, 1.165) is 18.7 Å². The first-order chi connectivity index (χ1) is 9.76. The highest BCUT2D eigenvalue weighted by Crippen LogP contribution is 2.12. The third kappa shape index (κ3) is 7.54. The summed E-state index contributed by atoms with van der Waals surface area (Å²) in [7, 11) is 1.71. The van der Waals surface area contributed by atoms with Crippen LogP contribution in [0, 0.1) is 0 Å². The van der Waals surface area contributed by atoms with Gasteiger partial charge in [0.05, 0.1) is 7.11 Å². The van der Waals surface area contributed by atoms with E-state index in [4.69, 9.17) is 4.74 Å². The van der Waals surface area contributed by atoms with Crippen molar-refractivity contribution in [2.24, 2.45) is 0 Å². The van der Waals surface area contributed by atoms with E-state index >= 15 is 0 Å². The van der Waals surface area contributed by atoms with E-state index in [1.807, 2.05) is 12.1 Å². The molecule has 1 unspecified atom stereocenters. The zero-order chi connectivity index (χ0) is 14.6. The molecule has 0 aromatic heterocycles. The lowest BCUT2D eigenvalue weighted by Gasteiger charge is -2.14. The summed E-state index contributed by atoms with van der Waals surface area (Å²) >= 11 is 0. The number of ether oxygens (including phenoxy) is 1. The fraction of sp³-hybridized carbons (Fsp3) is 0.667. The number of hydrogen-bond donors (Lipinski definition) is 1. The van der Waals surface area contributed by atoms with Crippen LogP contribution in [0.4, 0.5) is 0 Å². The predicted octanol–water partition coefficient (Wildman–Crippen LogP) is 4.58. The Balaban J connectivity index is 2.08. The standard InChI is InChI=1S/C18H31NO/c1-4-5-6-7-8-9-14-19-16(2)15-17-10-12-18(20-3)13-11-17/h10-13,16,19H,4-9,14-15H2,1-3H3. The SMILES string of the molecule is CCCCCCCCNC(C)Cc1ccc(OC)cc1. The molecule has 2 nitrogen and oxygen atoms in total. The summed E-state index contributed by atoms with van der Waals surface area (Å²) < 4.78 is 5.18. The third-order valence-corrected chi connectivity index (χ3v) is 3.72. The molecular formula is C18H31NO. The van der Waals surface area contributed by atoms with Crippen molar-refractivity contribution >= 4 is 0 Å². The van der Waals surface area contributed by atoms with Crippen LogP contribution in [0.3, 0.4) is 0 Å². The summed E-state index contributed by atoms with van der Waals surface area (Å²) in [4.78, 5) is 0. The van der Waals surface area contributed by atoms with E-state index in [0.29, 0.717) is 6.04 Å². The summed E-state index contributed by atoms with van der Waals surface area (Å²) in [5.41, 5.74) is 1.37. The van der Waals surface area contributed by atoms with Gasteiger partial charge in [0.1, 0.15) is 5.75 Å². The maximum atomic E-state index is 5.18. The highest BCUT2D eigenvalue weighted by atomic mass is 16.5. The van der Waals surface area contributed by atoms with Gasteiger partial charge in [0.25, 0.3) is 0 Å². The Morgan fingerprint density at radius 2 is 1.65 bits per heavy atom. The van der Waals surface area contributed by atoms with Crippen LogP contribution >= 0.6 is 0 Å². The van der Waals surface area contributed by atoms with Crippen molar-refractivity contribution in [2.75, 3.05) is 13.7 Å². The van der Waals surface area contributed by atoms with E-state index in [1.54, 1.807) is 7.11 Å². The second kappa shape index (κ2) is 10.7. The van der Waals surface area contributed by atoms with Gasteiger partial charge < -0.3 is 10.1 Å². The highest BCUT2D eigenvalue weighted by Gasteiger charge is 2.03. The normalized spacial score (nSPS) is 12.3. The quantitative estimate of drug-likeness (QED) is 0.598. The molecule has 0 fully saturated rings. The molecule has 0 amide bonds. The molecule has 2 heteroatoms. The van der Waals surface area contributed by atoms with Crippen molar-refractivity contribution in [3.8, 4) is 5.75 Å². The first kappa shape index (κ1) is 17.0. The molecule has 0 aliphatic rings. The van der Waals surface area contributed by atoms with Crippen molar-refractivity contribution in [2.45, 2.75) is 64.8 Å². The molecule has 20 heavy (non-hydrogen) atoms. The molecule has 0 heterocycles. The Bertz CT molecular complexity index is 334. The number of benzene rings is 1. The zero-order valence-electron chi connectivity index (χ0n) is 13.5. The average Bonchev–Trinajstić information content (AvgIpc) is 2.47. The van der Waals surface area contributed by atoms with Gasteiger partial charge >= 0.3 is 0 Å². The van der Waals surface area contributed by atoms with Gasteiger partial charge in [0.15, 0.2) is 0 Å². The molecule has 1 rings (SSSR count). The first-order valence-electron chi connectivity index (χ1n) is 8.12. The van der Waals surface area contributed by atoms with Gasteiger partial charge in [-0.25, -0.2) is 0 Å². The van der Waals surface area contributed by atoms with Crippen LogP contribution in [0.2, 0.25) is 0 Å². The maximum absolute atomic E-state index is 5.18. The highest BCUT2D eigenvalue weighted by molar-refractivity contribution is 5.27. The molecule has 1 aromatic carbocycles. The zero-order valence-corrected chi connectivity index (χ0v) is 13.5. The molecule has 0 radical (unpaired) electrons. The molecule has 0 bridgehead atoms. The molecule has 0 saturated carbocycles. The molecular weight excluding hydrogens is 246 g/mol. The molecule has 1 atom stereocenters. The number of unbranched alkanes of at least 4 members (excludes halogenated alkanes) is 5. The lowest BCUT2D eigenvalue weighted by atomic mass is 10.1. The van der Waals surface area contributed by atoms with E-state index in [1.165, 1.54) is 44.1 Å². The van der Waals surface area contributed by atoms with Gasteiger partial charge in [-0.15, -0.1) is 0 Å². The molecule has 0 aliphatic carbocycles. The lowest BCUT2D eigenvalue weighted by Crippen LogP contribution is -2.28. The average molecular weight is 277 g/mol. The minimum absolute atomic E-state index is 0.541. The maximum Gasteiger partial charge on any atom is 0.118 e. The van der Waals surface area contributed by atoms with Crippen LogP contribution in [0.15, 0.2) is 24.3 Å². The van der Waals surface area contributed by atoms with Crippen LogP contribution in [0.25, 0.3) is 0 Å². The summed E-state index contributed by atoms with van der Waals surface area (Å²) in [5, 5.41) is 3.62. The van der Waals surface area contributed by atoms with Crippen molar-refractivity contribution in [3.63, 3.8) is 0 Å². The van der Waals surface area contributed by atoms with Crippen LogP contribution in [0.5, 0.6) is 5.75 Å². The second-order valence-electron chi connectivity index (χ2n) is 5.68. The smallest absolute Gasteiger partial charge is 0.118 e. The van der Waals surface area contributed by atoms with E-state index in [-0.39, 0.29) is 0 Å². The minimum Gasteiger partial charge on any atom is -0.497 e. The fourth-order valence-electron chi connectivity index (χ4n) is 2.44. The number of nitrogens with one attached hydrogen (secondary N) is 1.